The van der Waals surface area contributed by atoms with Gasteiger partial charge in [-0.25, -0.2) is 9.59 Å². The first kappa shape index (κ1) is 24.3. The van der Waals surface area contributed by atoms with E-state index in [1.807, 2.05) is 6.92 Å². The van der Waals surface area contributed by atoms with Crippen molar-refractivity contribution in [3.8, 4) is 5.75 Å². The molecule has 0 saturated carbocycles. The standard InChI is InChI=1S/C23H22ClNO7S/c1-4-11-30-22(27)18-13(2)19(23(28)29-3)33-21(18)25-20(26)17-10-9-14(32-17)12-31-16-8-6-5-7-15(16)24/h5-10H,4,11-12H2,1-3H3,(H,25,26). The highest BCUT2D eigenvalue weighted by Gasteiger charge is 2.28. The first-order valence-corrected chi connectivity index (χ1v) is 11.2. The van der Waals surface area contributed by atoms with Gasteiger partial charge in [-0.3, -0.25) is 4.79 Å². The van der Waals surface area contributed by atoms with Crippen molar-refractivity contribution in [2.24, 2.45) is 0 Å². The SMILES string of the molecule is CCCOC(=O)c1c(NC(=O)c2ccc(COc3ccccc3Cl)o2)sc(C(=O)OC)c1C. The van der Waals surface area contributed by atoms with Crippen LogP contribution in [-0.4, -0.2) is 31.6 Å². The molecule has 0 bridgehead atoms. The number of halogens is 1. The van der Waals surface area contributed by atoms with Gasteiger partial charge in [0.2, 0.25) is 0 Å². The Morgan fingerprint density at radius 1 is 1.12 bits per heavy atom. The van der Waals surface area contributed by atoms with Gasteiger partial charge >= 0.3 is 11.9 Å². The number of ether oxygens (including phenoxy) is 3. The van der Waals surface area contributed by atoms with Crippen LogP contribution in [0.2, 0.25) is 5.02 Å². The Kier molecular flexibility index (Phi) is 8.13. The Labute approximate surface area is 199 Å². The summed E-state index contributed by atoms with van der Waals surface area (Å²) in [4.78, 5) is 37.6. The van der Waals surface area contributed by atoms with Gasteiger partial charge in [-0.15, -0.1) is 11.3 Å². The molecule has 0 aliphatic heterocycles. The van der Waals surface area contributed by atoms with Gasteiger partial charge in [0.1, 0.15) is 28.0 Å². The summed E-state index contributed by atoms with van der Waals surface area (Å²) in [6.07, 6.45) is 0.631. The molecule has 0 spiro atoms. The lowest BCUT2D eigenvalue weighted by molar-refractivity contribution is 0.0506. The molecule has 3 aromatic rings. The molecule has 1 N–H and O–H groups in total. The number of hydrogen-bond acceptors (Lipinski definition) is 8. The summed E-state index contributed by atoms with van der Waals surface area (Å²) in [5, 5.41) is 3.26. The molecule has 1 amide bonds. The lowest BCUT2D eigenvalue weighted by Gasteiger charge is -2.07. The van der Waals surface area contributed by atoms with E-state index in [-0.39, 0.29) is 34.4 Å². The van der Waals surface area contributed by atoms with Gasteiger partial charge in [-0.2, -0.15) is 0 Å². The highest BCUT2D eigenvalue weighted by molar-refractivity contribution is 7.18. The quantitative estimate of drug-likeness (QED) is 0.395. The molecular weight excluding hydrogens is 470 g/mol. The van der Waals surface area contributed by atoms with Crippen LogP contribution in [0.5, 0.6) is 5.75 Å². The molecule has 0 fully saturated rings. The molecule has 0 radical (unpaired) electrons. The molecule has 3 rings (SSSR count). The number of methoxy groups -OCH3 is 1. The highest BCUT2D eigenvalue weighted by Crippen LogP contribution is 2.34. The van der Waals surface area contributed by atoms with Crippen molar-refractivity contribution < 1.29 is 33.0 Å². The third-order valence-electron chi connectivity index (χ3n) is 4.48. The molecule has 0 unspecified atom stereocenters. The predicted molar refractivity (Wildman–Crippen MR) is 123 cm³/mol. The van der Waals surface area contributed by atoms with Gasteiger partial charge in [0.05, 0.1) is 24.3 Å². The fourth-order valence-corrected chi connectivity index (χ4v) is 4.15. The number of carbonyl (C=O) groups is 3. The molecule has 8 nitrogen and oxygen atoms in total. The minimum Gasteiger partial charge on any atom is -0.484 e. The topological polar surface area (TPSA) is 104 Å². The maximum atomic E-state index is 12.8. The summed E-state index contributed by atoms with van der Waals surface area (Å²) < 4.78 is 21.2. The number of para-hydroxylation sites is 1. The normalized spacial score (nSPS) is 10.5. The largest absolute Gasteiger partial charge is 0.484 e. The lowest BCUT2D eigenvalue weighted by Crippen LogP contribution is -2.14. The van der Waals surface area contributed by atoms with Crippen LogP contribution in [-0.2, 0) is 16.1 Å². The summed E-state index contributed by atoms with van der Waals surface area (Å²) in [7, 11) is 1.24. The molecule has 174 valence electrons. The number of thiophene rings is 1. The van der Waals surface area contributed by atoms with Crippen molar-refractivity contribution in [3.05, 3.63) is 68.9 Å². The minimum atomic E-state index is -0.635. The number of furan rings is 1. The lowest BCUT2D eigenvalue weighted by atomic mass is 10.1. The number of hydrogen-bond donors (Lipinski definition) is 1. The molecule has 33 heavy (non-hydrogen) atoms. The molecule has 2 aromatic heterocycles. The van der Waals surface area contributed by atoms with Crippen molar-refractivity contribution in [1.82, 2.24) is 0 Å². The summed E-state index contributed by atoms with van der Waals surface area (Å²) >= 11 is 7.00. The number of rotatable bonds is 9. The van der Waals surface area contributed by atoms with Crippen molar-refractivity contribution in [3.63, 3.8) is 0 Å². The number of esters is 2. The van der Waals surface area contributed by atoms with Crippen LogP contribution in [0, 0.1) is 6.92 Å². The van der Waals surface area contributed by atoms with Gasteiger partial charge < -0.3 is 23.9 Å². The maximum absolute atomic E-state index is 12.8. The van der Waals surface area contributed by atoms with Crippen LogP contribution in [0.1, 0.15) is 55.3 Å². The first-order chi connectivity index (χ1) is 15.8. The number of amides is 1. The number of benzene rings is 1. The monoisotopic (exact) mass is 491 g/mol. The molecule has 10 heteroatoms. The second-order valence-corrected chi connectivity index (χ2v) is 8.25. The van der Waals surface area contributed by atoms with Gasteiger partial charge in [-0.05, 0) is 43.2 Å². The average molecular weight is 492 g/mol. The van der Waals surface area contributed by atoms with E-state index in [0.29, 0.717) is 28.5 Å². The summed E-state index contributed by atoms with van der Waals surface area (Å²) in [6.45, 7) is 3.73. The maximum Gasteiger partial charge on any atom is 0.348 e. The van der Waals surface area contributed by atoms with Crippen molar-refractivity contribution in [2.45, 2.75) is 26.9 Å². The van der Waals surface area contributed by atoms with Crippen LogP contribution < -0.4 is 10.1 Å². The fraction of sp³-hybridized carbons (Fsp3) is 0.261. The van der Waals surface area contributed by atoms with Crippen molar-refractivity contribution >= 4 is 45.8 Å². The van der Waals surface area contributed by atoms with Gasteiger partial charge in [0.25, 0.3) is 5.91 Å². The third kappa shape index (κ3) is 5.74. The van der Waals surface area contributed by atoms with E-state index in [9.17, 15) is 14.4 Å². The zero-order valence-corrected chi connectivity index (χ0v) is 19.8. The van der Waals surface area contributed by atoms with Crippen LogP contribution in [0.4, 0.5) is 5.00 Å². The number of carbonyl (C=O) groups excluding carboxylic acids is 3. The van der Waals surface area contributed by atoms with E-state index < -0.39 is 17.8 Å². The second kappa shape index (κ2) is 11.0. The van der Waals surface area contributed by atoms with Crippen LogP contribution in [0.25, 0.3) is 0 Å². The Morgan fingerprint density at radius 3 is 2.58 bits per heavy atom. The molecule has 2 heterocycles. The van der Waals surface area contributed by atoms with E-state index >= 15 is 0 Å². The number of nitrogens with one attached hydrogen (secondary N) is 1. The average Bonchev–Trinajstić information content (AvgIpc) is 3.41. The Hall–Kier alpha value is -3.30. The Balaban J connectivity index is 1.77. The Bertz CT molecular complexity index is 1170. The summed E-state index contributed by atoms with van der Waals surface area (Å²) in [5.41, 5.74) is 0.479. The smallest absolute Gasteiger partial charge is 0.348 e. The highest BCUT2D eigenvalue weighted by atomic mass is 35.5. The van der Waals surface area contributed by atoms with Crippen LogP contribution >= 0.6 is 22.9 Å². The molecule has 0 saturated heterocycles. The number of anilines is 1. The first-order valence-electron chi connectivity index (χ1n) is 10.0. The zero-order chi connectivity index (χ0) is 24.0. The predicted octanol–water partition coefficient (Wildman–Crippen LogP) is 5.49. The van der Waals surface area contributed by atoms with Crippen LogP contribution in [0.15, 0.2) is 40.8 Å². The molecular formula is C23H22ClNO7S. The second-order valence-electron chi connectivity index (χ2n) is 6.83. The van der Waals surface area contributed by atoms with E-state index in [0.717, 1.165) is 11.3 Å². The van der Waals surface area contributed by atoms with E-state index in [1.165, 1.54) is 13.2 Å². The van der Waals surface area contributed by atoms with Crippen molar-refractivity contribution in [2.75, 3.05) is 19.0 Å². The summed E-state index contributed by atoms with van der Waals surface area (Å²) in [6, 6.07) is 10.1. The van der Waals surface area contributed by atoms with Gasteiger partial charge in [-0.1, -0.05) is 30.7 Å². The molecule has 0 aliphatic rings. The molecule has 0 aliphatic carbocycles. The Morgan fingerprint density at radius 2 is 1.88 bits per heavy atom. The van der Waals surface area contributed by atoms with Gasteiger partial charge in [0.15, 0.2) is 5.76 Å². The van der Waals surface area contributed by atoms with Crippen LogP contribution in [0.3, 0.4) is 0 Å². The van der Waals surface area contributed by atoms with E-state index in [4.69, 9.17) is 30.2 Å². The summed E-state index contributed by atoms with van der Waals surface area (Å²) in [5.74, 6) is -0.946. The van der Waals surface area contributed by atoms with E-state index in [2.05, 4.69) is 5.32 Å². The van der Waals surface area contributed by atoms with E-state index in [1.54, 1.807) is 37.3 Å². The molecule has 1 aromatic carbocycles. The third-order valence-corrected chi connectivity index (χ3v) is 5.98. The molecule has 0 atom stereocenters. The fourth-order valence-electron chi connectivity index (χ4n) is 2.85. The van der Waals surface area contributed by atoms with Gasteiger partial charge in [0, 0.05) is 0 Å². The zero-order valence-electron chi connectivity index (χ0n) is 18.2. The van der Waals surface area contributed by atoms with Crippen molar-refractivity contribution in [1.29, 1.82) is 0 Å². The minimum absolute atomic E-state index is 0.00584.